The first-order valence-corrected chi connectivity index (χ1v) is 16.1. The molecule has 0 saturated carbocycles. The second-order valence-corrected chi connectivity index (χ2v) is 11.9. The van der Waals surface area contributed by atoms with Gasteiger partial charge in [-0.25, -0.2) is 4.39 Å². The van der Waals surface area contributed by atoms with E-state index in [9.17, 15) is 24.6 Å². The van der Waals surface area contributed by atoms with E-state index in [1.165, 1.54) is 5.69 Å². The van der Waals surface area contributed by atoms with E-state index in [0.717, 1.165) is 65.7 Å². The number of nitrogens with one attached hydrogen (secondary N) is 2. The molecular formula is C36H34BrFN6O4. The number of nitro groups is 2. The van der Waals surface area contributed by atoms with Crippen LogP contribution in [0.3, 0.4) is 0 Å². The summed E-state index contributed by atoms with van der Waals surface area (Å²) in [4.78, 5) is 26.1. The first kappa shape index (κ1) is 33.9. The Morgan fingerprint density at radius 2 is 1.04 bits per heavy atom. The van der Waals surface area contributed by atoms with Crippen LogP contribution in [0.15, 0.2) is 126 Å². The molecule has 1 saturated heterocycles. The highest BCUT2D eigenvalue weighted by molar-refractivity contribution is 9.10. The van der Waals surface area contributed by atoms with Gasteiger partial charge in [-0.1, -0.05) is 76.6 Å². The van der Waals surface area contributed by atoms with Crippen LogP contribution in [0.4, 0.5) is 38.5 Å². The van der Waals surface area contributed by atoms with Crippen molar-refractivity contribution in [1.82, 2.24) is 0 Å². The van der Waals surface area contributed by atoms with Gasteiger partial charge in [0.15, 0.2) is 0 Å². The van der Waals surface area contributed by atoms with E-state index in [1.807, 2.05) is 72.8 Å². The van der Waals surface area contributed by atoms with Crippen LogP contribution in [0, 0.1) is 26.0 Å². The number of piperazine rings is 1. The Morgan fingerprint density at radius 3 is 1.54 bits per heavy atom. The third kappa shape index (κ3) is 9.29. The van der Waals surface area contributed by atoms with Crippen molar-refractivity contribution in [3.05, 3.63) is 163 Å². The fourth-order valence-corrected chi connectivity index (χ4v) is 5.56. The molecule has 0 aliphatic carbocycles. The SMILES string of the molecule is O=[N+]([O-])c1ccc(F)cc1NCc1ccccc1.O=[N+]([O-])c1ccc(N2CCN(c3ccc(Br)cc3)CC2)cc1NCc1ccccc1. The summed E-state index contributed by atoms with van der Waals surface area (Å²) in [6.07, 6.45) is 0. The van der Waals surface area contributed by atoms with Crippen molar-refractivity contribution in [3.63, 3.8) is 0 Å². The third-order valence-electron chi connectivity index (χ3n) is 7.82. The first-order valence-electron chi connectivity index (χ1n) is 15.3. The lowest BCUT2D eigenvalue weighted by Crippen LogP contribution is -2.46. The van der Waals surface area contributed by atoms with Crippen LogP contribution in [-0.4, -0.2) is 36.0 Å². The number of nitro benzene ring substituents is 2. The molecule has 0 radical (unpaired) electrons. The zero-order valence-corrected chi connectivity index (χ0v) is 27.6. The van der Waals surface area contributed by atoms with Gasteiger partial charge < -0.3 is 20.4 Å². The maximum Gasteiger partial charge on any atom is 0.292 e. The standard InChI is InChI=1S/C23H23BrN4O2.C13H11FN2O2/c24-19-6-8-20(9-7-19)26-12-14-27(15-13-26)21-10-11-23(28(29)30)22(16-21)25-17-18-4-2-1-3-5-18;14-11-6-7-13(16(17)18)12(8-11)15-9-10-4-2-1-3-5-10/h1-11,16,25H,12-15,17H2;1-8,15H,9H2. The number of hydrogen-bond donors (Lipinski definition) is 2. The van der Waals surface area contributed by atoms with Crippen LogP contribution in [0.1, 0.15) is 11.1 Å². The average molecular weight is 714 g/mol. The normalized spacial score (nSPS) is 12.5. The molecule has 2 N–H and O–H groups in total. The van der Waals surface area contributed by atoms with E-state index in [1.54, 1.807) is 6.07 Å². The Kier molecular flexibility index (Phi) is 11.5. The molecule has 12 heteroatoms. The zero-order valence-electron chi connectivity index (χ0n) is 26.0. The van der Waals surface area contributed by atoms with E-state index >= 15 is 0 Å². The predicted molar refractivity (Wildman–Crippen MR) is 192 cm³/mol. The monoisotopic (exact) mass is 712 g/mol. The molecule has 1 fully saturated rings. The van der Waals surface area contributed by atoms with Gasteiger partial charge in [0.1, 0.15) is 17.2 Å². The largest absolute Gasteiger partial charge is 0.375 e. The lowest BCUT2D eigenvalue weighted by Gasteiger charge is -2.37. The van der Waals surface area contributed by atoms with Crippen molar-refractivity contribution in [2.24, 2.45) is 0 Å². The molecule has 6 rings (SSSR count). The first-order chi connectivity index (χ1) is 23.3. The van der Waals surface area contributed by atoms with Gasteiger partial charge in [0.05, 0.1) is 9.85 Å². The molecule has 1 heterocycles. The van der Waals surface area contributed by atoms with Crippen LogP contribution >= 0.6 is 15.9 Å². The van der Waals surface area contributed by atoms with E-state index in [4.69, 9.17) is 0 Å². The molecule has 0 unspecified atom stereocenters. The molecule has 48 heavy (non-hydrogen) atoms. The smallest absolute Gasteiger partial charge is 0.292 e. The van der Waals surface area contributed by atoms with E-state index in [2.05, 4.69) is 60.6 Å². The molecular weight excluding hydrogens is 679 g/mol. The van der Waals surface area contributed by atoms with Crippen molar-refractivity contribution >= 4 is 50.1 Å². The quantitative estimate of drug-likeness (QED) is 0.109. The van der Waals surface area contributed by atoms with Gasteiger partial charge in [-0.3, -0.25) is 20.2 Å². The van der Waals surface area contributed by atoms with Gasteiger partial charge >= 0.3 is 0 Å². The van der Waals surface area contributed by atoms with E-state index in [-0.39, 0.29) is 22.0 Å². The van der Waals surface area contributed by atoms with Gasteiger partial charge in [-0.05, 0) is 53.6 Å². The molecule has 5 aromatic carbocycles. The Balaban J connectivity index is 0.000000214. The van der Waals surface area contributed by atoms with Gasteiger partial charge in [0.2, 0.25) is 0 Å². The van der Waals surface area contributed by atoms with Crippen molar-refractivity contribution in [1.29, 1.82) is 0 Å². The van der Waals surface area contributed by atoms with Crippen LogP contribution in [0.5, 0.6) is 0 Å². The second-order valence-electron chi connectivity index (χ2n) is 11.0. The maximum atomic E-state index is 13.1. The second kappa shape index (κ2) is 16.4. The van der Waals surface area contributed by atoms with Crippen molar-refractivity contribution < 1.29 is 14.2 Å². The summed E-state index contributed by atoms with van der Waals surface area (Å²) < 4.78 is 14.1. The van der Waals surface area contributed by atoms with E-state index < -0.39 is 10.7 Å². The van der Waals surface area contributed by atoms with Crippen LogP contribution in [0.25, 0.3) is 0 Å². The minimum atomic E-state index is -0.535. The van der Waals surface area contributed by atoms with Gasteiger partial charge in [-0.15, -0.1) is 0 Å². The average Bonchev–Trinajstić information content (AvgIpc) is 3.11. The topological polar surface area (TPSA) is 117 Å². The fourth-order valence-electron chi connectivity index (χ4n) is 5.29. The summed E-state index contributed by atoms with van der Waals surface area (Å²) in [5, 5.41) is 28.4. The molecule has 1 aliphatic heterocycles. The summed E-state index contributed by atoms with van der Waals surface area (Å²) in [6.45, 7) is 4.50. The molecule has 0 spiro atoms. The minimum absolute atomic E-state index is 0.100. The zero-order chi connectivity index (χ0) is 33.9. The minimum Gasteiger partial charge on any atom is -0.375 e. The number of rotatable bonds is 10. The number of hydrogen-bond acceptors (Lipinski definition) is 8. The number of anilines is 4. The summed E-state index contributed by atoms with van der Waals surface area (Å²) in [5.41, 5.74) is 4.98. The third-order valence-corrected chi connectivity index (χ3v) is 8.35. The number of nitrogens with zero attached hydrogens (tertiary/aromatic N) is 4. The van der Waals surface area contributed by atoms with Crippen LogP contribution < -0.4 is 20.4 Å². The van der Waals surface area contributed by atoms with E-state index in [0.29, 0.717) is 18.8 Å². The Morgan fingerprint density at radius 1 is 0.604 bits per heavy atom. The molecule has 0 aromatic heterocycles. The lowest BCUT2D eigenvalue weighted by atomic mass is 10.1. The van der Waals surface area contributed by atoms with Gasteiger partial charge in [0.25, 0.3) is 11.4 Å². The fraction of sp³-hybridized carbons (Fsp3) is 0.167. The Labute approximate surface area is 286 Å². The maximum absolute atomic E-state index is 13.1. The highest BCUT2D eigenvalue weighted by Gasteiger charge is 2.21. The highest BCUT2D eigenvalue weighted by Crippen LogP contribution is 2.31. The summed E-state index contributed by atoms with van der Waals surface area (Å²) >= 11 is 3.48. The molecule has 0 atom stereocenters. The molecule has 5 aromatic rings. The summed E-state index contributed by atoms with van der Waals surface area (Å²) in [6, 6.07) is 36.4. The van der Waals surface area contributed by atoms with Crippen LogP contribution in [0.2, 0.25) is 0 Å². The van der Waals surface area contributed by atoms with Crippen molar-refractivity contribution in [2.45, 2.75) is 13.1 Å². The number of halogens is 2. The van der Waals surface area contributed by atoms with Crippen molar-refractivity contribution in [2.75, 3.05) is 46.6 Å². The molecule has 0 bridgehead atoms. The van der Waals surface area contributed by atoms with Gasteiger partial charge in [-0.2, -0.15) is 0 Å². The highest BCUT2D eigenvalue weighted by atomic mass is 79.9. The van der Waals surface area contributed by atoms with Crippen LogP contribution in [-0.2, 0) is 13.1 Å². The Bertz CT molecular complexity index is 1820. The summed E-state index contributed by atoms with van der Waals surface area (Å²) in [7, 11) is 0. The van der Waals surface area contributed by atoms with Gasteiger partial charge in [0, 0.05) is 73.3 Å². The van der Waals surface area contributed by atoms with Crippen molar-refractivity contribution in [3.8, 4) is 0 Å². The Hall–Kier alpha value is -5.49. The molecule has 0 amide bonds. The number of benzene rings is 5. The molecule has 246 valence electrons. The predicted octanol–water partition coefficient (Wildman–Crippen LogP) is 8.64. The lowest BCUT2D eigenvalue weighted by molar-refractivity contribution is -0.384. The molecule has 1 aliphatic rings. The molecule has 10 nitrogen and oxygen atoms in total. The summed E-state index contributed by atoms with van der Waals surface area (Å²) in [5.74, 6) is -0.504.